The lowest BCUT2D eigenvalue weighted by molar-refractivity contribution is 0.0944. The van der Waals surface area contributed by atoms with Crippen LogP contribution in [0.4, 0.5) is 4.39 Å². The van der Waals surface area contributed by atoms with Crippen molar-refractivity contribution >= 4 is 5.91 Å². The molecule has 0 bridgehead atoms. The lowest BCUT2D eigenvalue weighted by Crippen LogP contribution is -2.25. The molecule has 0 saturated heterocycles. The molecule has 1 N–H and O–H groups in total. The number of fused-ring (bicyclic) bond motifs is 1. The first kappa shape index (κ1) is 15.6. The summed E-state index contributed by atoms with van der Waals surface area (Å²) in [5, 5.41) is 7.34. The number of carbonyl (C=O) groups is 1. The van der Waals surface area contributed by atoms with E-state index >= 15 is 0 Å². The van der Waals surface area contributed by atoms with E-state index in [0.717, 1.165) is 36.2 Å². The molecule has 3 aromatic rings. The zero-order chi connectivity index (χ0) is 17.2. The van der Waals surface area contributed by atoms with E-state index in [1.54, 1.807) is 18.2 Å². The van der Waals surface area contributed by atoms with Gasteiger partial charge < -0.3 is 5.32 Å². The Bertz CT molecular complexity index is 918. The molecule has 0 spiro atoms. The smallest absolute Gasteiger partial charge is 0.272 e. The number of aromatic nitrogens is 2. The van der Waals surface area contributed by atoms with E-state index in [1.165, 1.54) is 6.07 Å². The summed E-state index contributed by atoms with van der Waals surface area (Å²) in [5.74, 6) is -0.570. The molecule has 0 aliphatic heterocycles. The van der Waals surface area contributed by atoms with Gasteiger partial charge in [0, 0.05) is 23.4 Å². The van der Waals surface area contributed by atoms with Crippen LogP contribution in [0.1, 0.15) is 33.7 Å². The van der Waals surface area contributed by atoms with Crippen molar-refractivity contribution in [1.82, 2.24) is 15.1 Å². The second-order valence-electron chi connectivity index (χ2n) is 6.15. The molecular weight excluding hydrogens is 317 g/mol. The number of amides is 1. The normalized spacial score (nSPS) is 12.8. The summed E-state index contributed by atoms with van der Waals surface area (Å²) in [6.07, 6.45) is 2.79. The second-order valence-corrected chi connectivity index (χ2v) is 6.15. The van der Waals surface area contributed by atoms with E-state index in [4.69, 9.17) is 0 Å². The predicted octanol–water partition coefficient (Wildman–Crippen LogP) is 3.43. The molecule has 126 valence electrons. The summed E-state index contributed by atoms with van der Waals surface area (Å²) >= 11 is 0. The summed E-state index contributed by atoms with van der Waals surface area (Å²) in [4.78, 5) is 12.6. The number of carbonyl (C=O) groups excluding carboxylic acids is 1. The Kier molecular flexibility index (Phi) is 4.06. The minimum Gasteiger partial charge on any atom is -0.346 e. The van der Waals surface area contributed by atoms with Gasteiger partial charge in [0.25, 0.3) is 5.91 Å². The maximum atomic E-state index is 13.7. The highest BCUT2D eigenvalue weighted by Crippen LogP contribution is 2.27. The van der Waals surface area contributed by atoms with Gasteiger partial charge in [-0.15, -0.1) is 0 Å². The first-order valence-electron chi connectivity index (χ1n) is 8.42. The molecule has 0 saturated carbocycles. The standard InChI is InChI=1S/C20H18FN3O/c21-17-11-5-4-7-14(17)13-22-20(25)19-16-10-6-12-18(16)24(23-19)15-8-2-1-3-9-15/h1-5,7-9,11H,6,10,12-13H2,(H,22,25). The van der Waals surface area contributed by atoms with Crippen LogP contribution in [0, 0.1) is 5.82 Å². The van der Waals surface area contributed by atoms with Gasteiger partial charge in [-0.3, -0.25) is 4.79 Å². The minimum atomic E-state index is -0.317. The molecule has 5 heteroatoms. The molecule has 0 radical (unpaired) electrons. The van der Waals surface area contributed by atoms with Crippen LogP contribution in [0.5, 0.6) is 0 Å². The van der Waals surface area contributed by atoms with Crippen molar-refractivity contribution < 1.29 is 9.18 Å². The Balaban J connectivity index is 1.60. The molecule has 1 aliphatic rings. The van der Waals surface area contributed by atoms with Gasteiger partial charge in [0.2, 0.25) is 0 Å². The fourth-order valence-electron chi connectivity index (χ4n) is 3.30. The monoisotopic (exact) mass is 335 g/mol. The summed E-state index contributed by atoms with van der Waals surface area (Å²) < 4.78 is 15.6. The minimum absolute atomic E-state index is 0.151. The molecular formula is C20H18FN3O. The van der Waals surface area contributed by atoms with Crippen molar-refractivity contribution in [3.8, 4) is 5.69 Å². The van der Waals surface area contributed by atoms with E-state index < -0.39 is 0 Å². The van der Waals surface area contributed by atoms with Gasteiger partial charge in [-0.2, -0.15) is 5.10 Å². The number of nitrogens with zero attached hydrogens (tertiary/aromatic N) is 2. The number of benzene rings is 2. The molecule has 1 aromatic heterocycles. The summed E-state index contributed by atoms with van der Waals surface area (Å²) in [5.41, 5.74) is 3.98. The summed E-state index contributed by atoms with van der Waals surface area (Å²) in [7, 11) is 0. The highest BCUT2D eigenvalue weighted by molar-refractivity contribution is 5.94. The number of nitrogens with one attached hydrogen (secondary N) is 1. The number of hydrogen-bond acceptors (Lipinski definition) is 2. The molecule has 4 nitrogen and oxygen atoms in total. The van der Waals surface area contributed by atoms with E-state index in [2.05, 4.69) is 10.4 Å². The molecule has 0 atom stereocenters. The van der Waals surface area contributed by atoms with Crippen LogP contribution in [0.15, 0.2) is 54.6 Å². The maximum absolute atomic E-state index is 13.7. The van der Waals surface area contributed by atoms with Crippen LogP contribution < -0.4 is 5.32 Å². The van der Waals surface area contributed by atoms with E-state index in [9.17, 15) is 9.18 Å². The zero-order valence-electron chi connectivity index (χ0n) is 13.7. The largest absolute Gasteiger partial charge is 0.346 e. The summed E-state index contributed by atoms with van der Waals surface area (Å²) in [6, 6.07) is 16.3. The van der Waals surface area contributed by atoms with Crippen LogP contribution in [0.3, 0.4) is 0 Å². The first-order chi connectivity index (χ1) is 12.2. The van der Waals surface area contributed by atoms with Crippen LogP contribution in [-0.2, 0) is 19.4 Å². The van der Waals surface area contributed by atoms with Crippen molar-refractivity contribution in [3.63, 3.8) is 0 Å². The Morgan fingerprint density at radius 1 is 1.08 bits per heavy atom. The van der Waals surface area contributed by atoms with Crippen molar-refractivity contribution in [2.24, 2.45) is 0 Å². The zero-order valence-corrected chi connectivity index (χ0v) is 13.7. The number of halogens is 1. The summed E-state index contributed by atoms with van der Waals surface area (Å²) in [6.45, 7) is 0.151. The van der Waals surface area contributed by atoms with Gasteiger partial charge in [0.15, 0.2) is 5.69 Å². The fraction of sp³-hybridized carbons (Fsp3) is 0.200. The third-order valence-corrected chi connectivity index (χ3v) is 4.54. The van der Waals surface area contributed by atoms with Crippen molar-refractivity contribution in [1.29, 1.82) is 0 Å². The quantitative estimate of drug-likeness (QED) is 0.794. The Labute approximate surface area is 145 Å². The van der Waals surface area contributed by atoms with Crippen molar-refractivity contribution in [2.75, 3.05) is 0 Å². The molecule has 1 aliphatic carbocycles. The molecule has 0 unspecified atom stereocenters. The lowest BCUT2D eigenvalue weighted by Gasteiger charge is -2.06. The number of hydrogen-bond donors (Lipinski definition) is 1. The average Bonchev–Trinajstić information content (AvgIpc) is 3.24. The van der Waals surface area contributed by atoms with Crippen LogP contribution in [0.25, 0.3) is 5.69 Å². The Hall–Kier alpha value is -2.95. The van der Waals surface area contributed by atoms with Gasteiger partial charge in [-0.05, 0) is 37.5 Å². The molecule has 1 amide bonds. The average molecular weight is 335 g/mol. The molecule has 2 aromatic carbocycles. The van der Waals surface area contributed by atoms with Crippen molar-refractivity contribution in [3.05, 3.63) is 82.9 Å². The Morgan fingerprint density at radius 2 is 1.84 bits per heavy atom. The van der Waals surface area contributed by atoms with Gasteiger partial charge in [-0.1, -0.05) is 36.4 Å². The number of rotatable bonds is 4. The third kappa shape index (κ3) is 2.93. The topological polar surface area (TPSA) is 46.9 Å². The van der Waals surface area contributed by atoms with Gasteiger partial charge in [-0.25, -0.2) is 9.07 Å². The molecule has 4 rings (SSSR count). The highest BCUT2D eigenvalue weighted by Gasteiger charge is 2.26. The van der Waals surface area contributed by atoms with E-state index in [0.29, 0.717) is 11.3 Å². The predicted molar refractivity (Wildman–Crippen MR) is 93.2 cm³/mol. The van der Waals surface area contributed by atoms with Crippen LogP contribution >= 0.6 is 0 Å². The number of para-hydroxylation sites is 1. The molecule has 0 fully saturated rings. The van der Waals surface area contributed by atoms with Gasteiger partial charge in [0.1, 0.15) is 5.82 Å². The second kappa shape index (κ2) is 6.51. The van der Waals surface area contributed by atoms with Gasteiger partial charge >= 0.3 is 0 Å². The molecule has 1 heterocycles. The highest BCUT2D eigenvalue weighted by atomic mass is 19.1. The van der Waals surface area contributed by atoms with Crippen LogP contribution in [-0.4, -0.2) is 15.7 Å². The Morgan fingerprint density at radius 3 is 2.64 bits per heavy atom. The van der Waals surface area contributed by atoms with Crippen molar-refractivity contribution in [2.45, 2.75) is 25.8 Å². The van der Waals surface area contributed by atoms with E-state index in [1.807, 2.05) is 35.0 Å². The lowest BCUT2D eigenvalue weighted by atomic mass is 10.1. The maximum Gasteiger partial charge on any atom is 0.272 e. The first-order valence-corrected chi connectivity index (χ1v) is 8.42. The van der Waals surface area contributed by atoms with Gasteiger partial charge in [0.05, 0.1) is 5.69 Å². The SMILES string of the molecule is O=C(NCc1ccccc1F)c1nn(-c2ccccc2)c2c1CCC2. The van der Waals surface area contributed by atoms with E-state index in [-0.39, 0.29) is 18.3 Å². The molecule has 25 heavy (non-hydrogen) atoms. The fourth-order valence-corrected chi connectivity index (χ4v) is 3.30. The van der Waals surface area contributed by atoms with Crippen LogP contribution in [0.2, 0.25) is 0 Å². The third-order valence-electron chi connectivity index (χ3n) is 4.54.